The molecule has 0 radical (unpaired) electrons. The van der Waals surface area contributed by atoms with Gasteiger partial charge < -0.3 is 10.2 Å². The number of amides is 2. The lowest BCUT2D eigenvalue weighted by Gasteiger charge is -2.19. The molecule has 7 nitrogen and oxygen atoms in total. The summed E-state index contributed by atoms with van der Waals surface area (Å²) in [5.41, 5.74) is 2.89. The van der Waals surface area contributed by atoms with E-state index in [1.807, 2.05) is 13.0 Å². The van der Waals surface area contributed by atoms with E-state index in [9.17, 15) is 18.0 Å². The second-order valence-electron chi connectivity index (χ2n) is 7.60. The Hall–Kier alpha value is -3.65. The Balaban J connectivity index is 1.54. The minimum Gasteiger partial charge on any atom is -0.322 e. The van der Waals surface area contributed by atoms with Crippen molar-refractivity contribution in [1.82, 2.24) is 0 Å². The van der Waals surface area contributed by atoms with Crippen LogP contribution >= 0.6 is 0 Å². The number of rotatable bonds is 6. The zero-order valence-corrected chi connectivity index (χ0v) is 18.4. The SMILES string of the molecule is Cc1ccc(NC(=O)c2cccc(S(=O)(=O)Nc3ccccc3)c2)cc1N1CCCC1=O. The molecular weight excluding hydrogens is 426 g/mol. The van der Waals surface area contributed by atoms with Gasteiger partial charge in [0.25, 0.3) is 15.9 Å². The van der Waals surface area contributed by atoms with Gasteiger partial charge in [-0.25, -0.2) is 8.42 Å². The van der Waals surface area contributed by atoms with E-state index in [4.69, 9.17) is 0 Å². The highest BCUT2D eigenvalue weighted by Gasteiger charge is 2.23. The van der Waals surface area contributed by atoms with E-state index >= 15 is 0 Å². The largest absolute Gasteiger partial charge is 0.322 e. The molecule has 4 rings (SSSR count). The van der Waals surface area contributed by atoms with E-state index in [0.717, 1.165) is 17.7 Å². The van der Waals surface area contributed by atoms with Crippen LogP contribution in [0.3, 0.4) is 0 Å². The first-order valence-electron chi connectivity index (χ1n) is 10.2. The normalized spacial score (nSPS) is 13.8. The quantitative estimate of drug-likeness (QED) is 0.590. The highest BCUT2D eigenvalue weighted by molar-refractivity contribution is 7.92. The second kappa shape index (κ2) is 8.84. The van der Waals surface area contributed by atoms with Crippen molar-refractivity contribution >= 4 is 38.9 Å². The third-order valence-electron chi connectivity index (χ3n) is 5.26. The van der Waals surface area contributed by atoms with Crippen LogP contribution in [-0.2, 0) is 14.8 Å². The van der Waals surface area contributed by atoms with Gasteiger partial charge in [-0.3, -0.25) is 14.3 Å². The Morgan fingerprint density at radius 2 is 1.72 bits per heavy atom. The third-order valence-corrected chi connectivity index (χ3v) is 6.64. The van der Waals surface area contributed by atoms with Gasteiger partial charge in [-0.1, -0.05) is 30.3 Å². The summed E-state index contributed by atoms with van der Waals surface area (Å²) in [5, 5.41) is 2.80. The first-order valence-corrected chi connectivity index (χ1v) is 11.7. The van der Waals surface area contributed by atoms with E-state index in [2.05, 4.69) is 10.0 Å². The smallest absolute Gasteiger partial charge is 0.261 e. The summed E-state index contributed by atoms with van der Waals surface area (Å²) in [5.74, 6) is -0.371. The summed E-state index contributed by atoms with van der Waals surface area (Å²) in [6.45, 7) is 2.58. The maximum atomic E-state index is 12.8. The first-order chi connectivity index (χ1) is 15.3. The van der Waals surface area contributed by atoms with Gasteiger partial charge in [-0.15, -0.1) is 0 Å². The highest BCUT2D eigenvalue weighted by Crippen LogP contribution is 2.28. The summed E-state index contributed by atoms with van der Waals surface area (Å²) in [6.07, 6.45) is 1.33. The summed E-state index contributed by atoms with van der Waals surface area (Å²) >= 11 is 0. The number of hydrogen-bond acceptors (Lipinski definition) is 4. The highest BCUT2D eigenvalue weighted by atomic mass is 32.2. The summed E-state index contributed by atoms with van der Waals surface area (Å²) < 4.78 is 27.9. The van der Waals surface area contributed by atoms with Crippen LogP contribution in [0.1, 0.15) is 28.8 Å². The van der Waals surface area contributed by atoms with Crippen molar-refractivity contribution in [1.29, 1.82) is 0 Å². The number of anilines is 3. The fraction of sp³-hybridized carbons (Fsp3) is 0.167. The van der Waals surface area contributed by atoms with Crippen molar-refractivity contribution in [2.45, 2.75) is 24.7 Å². The number of carbonyl (C=O) groups excluding carboxylic acids is 2. The Bertz CT molecular complexity index is 1270. The fourth-order valence-electron chi connectivity index (χ4n) is 3.61. The number of hydrogen-bond donors (Lipinski definition) is 2. The molecule has 1 heterocycles. The molecule has 1 fully saturated rings. The predicted molar refractivity (Wildman–Crippen MR) is 124 cm³/mol. The molecule has 0 aliphatic carbocycles. The number of sulfonamides is 1. The fourth-order valence-corrected chi connectivity index (χ4v) is 4.71. The number of nitrogens with zero attached hydrogens (tertiary/aromatic N) is 1. The van der Waals surface area contributed by atoms with Gasteiger partial charge in [0.1, 0.15) is 0 Å². The molecule has 32 heavy (non-hydrogen) atoms. The molecule has 0 saturated carbocycles. The summed E-state index contributed by atoms with van der Waals surface area (Å²) in [7, 11) is -3.85. The zero-order chi connectivity index (χ0) is 22.7. The van der Waals surface area contributed by atoms with Crippen LogP contribution in [0.5, 0.6) is 0 Å². The third kappa shape index (κ3) is 4.65. The Morgan fingerprint density at radius 1 is 0.938 bits per heavy atom. The van der Waals surface area contributed by atoms with Crippen LogP contribution in [0, 0.1) is 6.92 Å². The number of benzene rings is 3. The second-order valence-corrected chi connectivity index (χ2v) is 9.29. The van der Waals surface area contributed by atoms with E-state index in [1.165, 1.54) is 18.2 Å². The van der Waals surface area contributed by atoms with Crippen LogP contribution < -0.4 is 14.9 Å². The van der Waals surface area contributed by atoms with Gasteiger partial charge in [0.2, 0.25) is 5.91 Å². The summed E-state index contributed by atoms with van der Waals surface area (Å²) in [4.78, 5) is 26.7. The molecule has 1 saturated heterocycles. The average Bonchev–Trinajstić information content (AvgIpc) is 3.21. The summed E-state index contributed by atoms with van der Waals surface area (Å²) in [6, 6.07) is 19.8. The van der Waals surface area contributed by atoms with Crippen molar-refractivity contribution in [3.63, 3.8) is 0 Å². The molecule has 2 N–H and O–H groups in total. The number of para-hydroxylation sites is 1. The van der Waals surface area contributed by atoms with Crippen LogP contribution in [0.4, 0.5) is 17.1 Å². The number of carbonyl (C=O) groups is 2. The molecule has 0 aromatic heterocycles. The monoisotopic (exact) mass is 449 g/mol. The maximum absolute atomic E-state index is 12.8. The van der Waals surface area contributed by atoms with Crippen LogP contribution in [0.2, 0.25) is 0 Å². The lowest BCUT2D eigenvalue weighted by atomic mass is 10.1. The van der Waals surface area contributed by atoms with Gasteiger partial charge in [0.15, 0.2) is 0 Å². The first kappa shape index (κ1) is 21.6. The van der Waals surface area contributed by atoms with Crippen molar-refractivity contribution in [2.24, 2.45) is 0 Å². The van der Waals surface area contributed by atoms with E-state index < -0.39 is 15.9 Å². The van der Waals surface area contributed by atoms with Crippen molar-refractivity contribution in [2.75, 3.05) is 21.5 Å². The molecule has 0 unspecified atom stereocenters. The van der Waals surface area contributed by atoms with Crippen molar-refractivity contribution in [3.05, 3.63) is 83.9 Å². The molecule has 0 bridgehead atoms. The molecule has 2 amide bonds. The van der Waals surface area contributed by atoms with E-state index in [1.54, 1.807) is 53.4 Å². The minimum atomic E-state index is -3.85. The Morgan fingerprint density at radius 3 is 2.44 bits per heavy atom. The van der Waals surface area contributed by atoms with Crippen LogP contribution in [-0.4, -0.2) is 26.8 Å². The molecule has 8 heteroatoms. The Kier molecular flexibility index (Phi) is 5.96. The number of aryl methyl sites for hydroxylation is 1. The molecule has 164 valence electrons. The molecule has 3 aromatic rings. The molecule has 0 atom stereocenters. The van der Waals surface area contributed by atoms with Gasteiger partial charge in [0.05, 0.1) is 4.90 Å². The predicted octanol–water partition coefficient (Wildman–Crippen LogP) is 4.17. The zero-order valence-electron chi connectivity index (χ0n) is 17.5. The van der Waals surface area contributed by atoms with Crippen molar-refractivity contribution in [3.8, 4) is 0 Å². The average molecular weight is 450 g/mol. The van der Waals surface area contributed by atoms with E-state index in [-0.39, 0.29) is 16.4 Å². The maximum Gasteiger partial charge on any atom is 0.261 e. The molecule has 1 aliphatic rings. The van der Waals surface area contributed by atoms with Crippen LogP contribution in [0.15, 0.2) is 77.7 Å². The van der Waals surface area contributed by atoms with Crippen molar-refractivity contribution < 1.29 is 18.0 Å². The molecular formula is C24H23N3O4S. The number of nitrogens with one attached hydrogen (secondary N) is 2. The van der Waals surface area contributed by atoms with Crippen LogP contribution in [0.25, 0.3) is 0 Å². The molecule has 3 aromatic carbocycles. The lowest BCUT2D eigenvalue weighted by molar-refractivity contribution is -0.117. The lowest BCUT2D eigenvalue weighted by Crippen LogP contribution is -2.24. The molecule has 1 aliphatic heterocycles. The topological polar surface area (TPSA) is 95.6 Å². The molecule has 0 spiro atoms. The van der Waals surface area contributed by atoms with Gasteiger partial charge >= 0.3 is 0 Å². The van der Waals surface area contributed by atoms with Gasteiger partial charge in [0, 0.05) is 35.6 Å². The Labute approximate surface area is 187 Å². The standard InChI is InChI=1S/C24H23N3O4S/c1-17-12-13-20(16-22(17)27-14-6-11-23(27)28)25-24(29)18-7-5-10-21(15-18)32(30,31)26-19-8-3-2-4-9-19/h2-5,7-10,12-13,15-16,26H,6,11,14H2,1H3,(H,25,29). The minimum absolute atomic E-state index is 0.0127. The van der Waals surface area contributed by atoms with Gasteiger partial charge in [-0.2, -0.15) is 0 Å². The van der Waals surface area contributed by atoms with Gasteiger partial charge in [-0.05, 0) is 61.4 Å². The van der Waals surface area contributed by atoms with E-state index in [0.29, 0.717) is 24.3 Å².